The van der Waals surface area contributed by atoms with Crippen molar-refractivity contribution in [3.63, 3.8) is 0 Å². The van der Waals surface area contributed by atoms with E-state index in [1.165, 1.54) is 0 Å². The third kappa shape index (κ3) is 7.15. The number of carboxylic acid groups (broad SMARTS) is 1. The molecule has 3 aromatic rings. The number of carbonyl (C=O) groups is 1. The maximum atomic E-state index is 11.8. The Morgan fingerprint density at radius 3 is 2.65 bits per heavy atom. The van der Waals surface area contributed by atoms with Crippen molar-refractivity contribution >= 4 is 18.1 Å². The first-order valence-electron chi connectivity index (χ1n) is 13.6. The number of carboxylic acids is 1. The monoisotopic (exact) mass is 534 g/mol. The highest BCUT2D eigenvalue weighted by Gasteiger charge is 2.29. The summed E-state index contributed by atoms with van der Waals surface area (Å²) in [6, 6.07) is 23.8. The van der Waals surface area contributed by atoms with Crippen LogP contribution in [-0.4, -0.2) is 48.3 Å². The summed E-state index contributed by atoms with van der Waals surface area (Å²) in [5.41, 5.74) is 6.26. The zero-order valence-corrected chi connectivity index (χ0v) is 22.8. The number of nitriles is 2. The second-order valence-corrected chi connectivity index (χ2v) is 9.89. The highest BCUT2D eigenvalue weighted by molar-refractivity contribution is 5.81. The van der Waals surface area contributed by atoms with Crippen molar-refractivity contribution in [1.82, 2.24) is 10.2 Å². The van der Waals surface area contributed by atoms with Gasteiger partial charge in [-0.1, -0.05) is 66.7 Å². The first-order valence-corrected chi connectivity index (χ1v) is 13.6. The molecular formula is C33H34N4O3. The molecule has 3 aromatic carbocycles. The van der Waals surface area contributed by atoms with Crippen LogP contribution < -0.4 is 10.1 Å². The number of ether oxygens (including phenoxy) is 1. The van der Waals surface area contributed by atoms with Gasteiger partial charge < -0.3 is 15.2 Å². The van der Waals surface area contributed by atoms with Crippen LogP contribution in [0.1, 0.15) is 47.1 Å². The Bertz CT molecular complexity index is 1440. The Balaban J connectivity index is 1.64. The van der Waals surface area contributed by atoms with Gasteiger partial charge in [0.05, 0.1) is 18.2 Å². The molecule has 0 saturated carbocycles. The lowest BCUT2D eigenvalue weighted by molar-refractivity contribution is -0.144. The van der Waals surface area contributed by atoms with Crippen LogP contribution in [0.5, 0.6) is 5.75 Å². The van der Waals surface area contributed by atoms with Crippen molar-refractivity contribution in [2.24, 2.45) is 0 Å². The van der Waals surface area contributed by atoms with E-state index in [9.17, 15) is 15.2 Å². The largest absolute Gasteiger partial charge is 0.493 e. The molecule has 1 heterocycles. The van der Waals surface area contributed by atoms with E-state index in [-0.39, 0.29) is 0 Å². The van der Waals surface area contributed by atoms with Crippen molar-refractivity contribution in [1.29, 1.82) is 10.5 Å². The van der Waals surface area contributed by atoms with Gasteiger partial charge >= 0.3 is 5.97 Å². The molecule has 0 radical (unpaired) electrons. The summed E-state index contributed by atoms with van der Waals surface area (Å²) in [6.45, 7) is 4.74. The zero-order chi connectivity index (χ0) is 28.3. The molecule has 2 N–H and O–H groups in total. The summed E-state index contributed by atoms with van der Waals surface area (Å²) in [4.78, 5) is 13.8. The number of aryl methyl sites for hydroxylation is 1. The number of aliphatic carboxylic acids is 1. The minimum absolute atomic E-state index is 0.406. The normalized spacial score (nSPS) is 15.4. The van der Waals surface area contributed by atoms with Gasteiger partial charge in [0.25, 0.3) is 0 Å². The quantitative estimate of drug-likeness (QED) is 0.242. The van der Waals surface area contributed by atoms with Crippen LogP contribution in [0.2, 0.25) is 0 Å². The second-order valence-electron chi connectivity index (χ2n) is 9.89. The minimum Gasteiger partial charge on any atom is -0.493 e. The number of rotatable bonds is 11. The van der Waals surface area contributed by atoms with E-state index >= 15 is 0 Å². The van der Waals surface area contributed by atoms with Gasteiger partial charge in [0, 0.05) is 43.7 Å². The molecule has 1 atom stereocenters. The number of nitrogens with one attached hydrogen (secondary N) is 1. The molecule has 1 fully saturated rings. The van der Waals surface area contributed by atoms with Gasteiger partial charge in [-0.25, -0.2) is 0 Å². The molecule has 204 valence electrons. The zero-order valence-electron chi connectivity index (χ0n) is 22.8. The Labute approximate surface area is 235 Å². The van der Waals surface area contributed by atoms with Crippen molar-refractivity contribution in [3.8, 4) is 29.0 Å². The molecule has 0 spiro atoms. The smallest absolute Gasteiger partial charge is 0.322 e. The van der Waals surface area contributed by atoms with Crippen molar-refractivity contribution in [2.75, 3.05) is 26.2 Å². The van der Waals surface area contributed by atoms with Crippen molar-refractivity contribution < 1.29 is 14.6 Å². The number of hydrogen-bond donors (Lipinski definition) is 2. The van der Waals surface area contributed by atoms with Crippen LogP contribution in [-0.2, 0) is 11.3 Å². The molecule has 7 heteroatoms. The molecule has 40 heavy (non-hydrogen) atoms. The Hall–Kier alpha value is -4.43. The fourth-order valence-corrected chi connectivity index (χ4v) is 4.96. The third-order valence-electron chi connectivity index (χ3n) is 7.14. The SMILES string of the molecule is Cc1cc(CN2CCNC[C@H]2C(=O)O)c(OCCCCC#N)cc1/C=C/c1cccc(-c2ccccc2)c1C#N. The lowest BCUT2D eigenvalue weighted by atomic mass is 9.95. The fourth-order valence-electron chi connectivity index (χ4n) is 4.96. The molecule has 0 aromatic heterocycles. The van der Waals surface area contributed by atoms with E-state index in [0.29, 0.717) is 44.0 Å². The predicted octanol–water partition coefficient (Wildman–Crippen LogP) is 5.64. The van der Waals surface area contributed by atoms with Crippen molar-refractivity contribution in [2.45, 2.75) is 38.8 Å². The number of unbranched alkanes of at least 4 members (excludes halogenated alkanes) is 2. The summed E-state index contributed by atoms with van der Waals surface area (Å²) in [6.07, 6.45) is 5.97. The molecule has 7 nitrogen and oxygen atoms in total. The van der Waals surface area contributed by atoms with Crippen LogP contribution in [0.3, 0.4) is 0 Å². The van der Waals surface area contributed by atoms with Gasteiger partial charge in [-0.15, -0.1) is 0 Å². The molecule has 4 rings (SSSR count). The predicted molar refractivity (Wildman–Crippen MR) is 156 cm³/mol. The summed E-state index contributed by atoms with van der Waals surface area (Å²) < 4.78 is 6.21. The topological polar surface area (TPSA) is 109 Å². The Kier molecular flexibility index (Phi) is 10.1. The van der Waals surface area contributed by atoms with Gasteiger partial charge in [0.15, 0.2) is 0 Å². The fraction of sp³-hybridized carbons (Fsp3) is 0.303. The number of nitrogens with zero attached hydrogens (tertiary/aromatic N) is 3. The van der Waals surface area contributed by atoms with Crippen molar-refractivity contribution in [3.05, 3.63) is 88.5 Å². The van der Waals surface area contributed by atoms with Gasteiger partial charge in [0.1, 0.15) is 17.9 Å². The van der Waals surface area contributed by atoms with Crippen LogP contribution in [0.25, 0.3) is 23.3 Å². The average molecular weight is 535 g/mol. The molecule has 1 saturated heterocycles. The number of benzene rings is 3. The van der Waals surface area contributed by atoms with E-state index in [0.717, 1.165) is 52.8 Å². The highest BCUT2D eigenvalue weighted by Crippen LogP contribution is 2.30. The molecule has 0 unspecified atom stereocenters. The Morgan fingerprint density at radius 2 is 1.90 bits per heavy atom. The second kappa shape index (κ2) is 14.1. The number of piperazine rings is 1. The number of hydrogen-bond acceptors (Lipinski definition) is 6. The van der Waals surface area contributed by atoms with Gasteiger partial charge in [-0.3, -0.25) is 9.69 Å². The highest BCUT2D eigenvalue weighted by atomic mass is 16.5. The molecule has 0 bridgehead atoms. The van der Waals surface area contributed by atoms with Gasteiger partial charge in [0.2, 0.25) is 0 Å². The molecule has 0 amide bonds. The summed E-state index contributed by atoms with van der Waals surface area (Å²) in [5, 5.41) is 31.7. The van der Waals surface area contributed by atoms with Crippen LogP contribution in [0.15, 0.2) is 60.7 Å². The summed E-state index contributed by atoms with van der Waals surface area (Å²) in [5.74, 6) is -0.128. The lowest BCUT2D eigenvalue weighted by Gasteiger charge is -2.34. The lowest BCUT2D eigenvalue weighted by Crippen LogP contribution is -2.54. The van der Waals surface area contributed by atoms with Gasteiger partial charge in [-0.2, -0.15) is 10.5 Å². The van der Waals surface area contributed by atoms with E-state index in [4.69, 9.17) is 10.00 Å². The summed E-state index contributed by atoms with van der Waals surface area (Å²) in [7, 11) is 0. The molecule has 0 aliphatic carbocycles. The van der Waals surface area contributed by atoms with E-state index in [1.54, 1.807) is 0 Å². The maximum Gasteiger partial charge on any atom is 0.322 e. The molecule has 1 aliphatic heterocycles. The third-order valence-corrected chi connectivity index (χ3v) is 7.14. The van der Waals surface area contributed by atoms with E-state index in [1.807, 2.05) is 78.6 Å². The summed E-state index contributed by atoms with van der Waals surface area (Å²) >= 11 is 0. The van der Waals surface area contributed by atoms with Gasteiger partial charge in [-0.05, 0) is 48.1 Å². The van der Waals surface area contributed by atoms with Crippen LogP contribution >= 0.6 is 0 Å². The van der Waals surface area contributed by atoms with E-state index in [2.05, 4.69) is 23.5 Å². The van der Waals surface area contributed by atoms with Crippen LogP contribution in [0.4, 0.5) is 0 Å². The van der Waals surface area contributed by atoms with Crippen LogP contribution in [0, 0.1) is 29.6 Å². The standard InChI is InChI=1S/C33H34N4O3/c1-24-19-28(23-37-17-16-36-22-31(37)33(38)39)32(40-18-7-3-6-15-34)20-27(24)14-13-26-11-8-12-29(30(26)21-35)25-9-4-2-5-10-25/h2,4-5,8-14,19-20,31,36H,3,6-7,16-18,22-23H2,1H3,(H,38,39)/b14-13+/t31-/m0/s1. The average Bonchev–Trinajstić information content (AvgIpc) is 2.97. The maximum absolute atomic E-state index is 11.8. The van der Waals surface area contributed by atoms with E-state index < -0.39 is 12.0 Å². The molecule has 1 aliphatic rings. The Morgan fingerprint density at radius 1 is 1.10 bits per heavy atom. The first kappa shape index (κ1) is 28.6. The molecular weight excluding hydrogens is 500 g/mol. The minimum atomic E-state index is -0.839. The first-order chi connectivity index (χ1) is 19.5.